The third kappa shape index (κ3) is 2.74. The van der Waals surface area contributed by atoms with Crippen LogP contribution in [0.5, 0.6) is 5.75 Å². The van der Waals surface area contributed by atoms with Gasteiger partial charge >= 0.3 is 6.18 Å². The minimum atomic E-state index is -4.59. The van der Waals surface area contributed by atoms with E-state index < -0.39 is 17.5 Å². The maximum absolute atomic E-state index is 12.3. The van der Waals surface area contributed by atoms with Gasteiger partial charge in [-0.3, -0.25) is 0 Å². The van der Waals surface area contributed by atoms with Gasteiger partial charge in [-0.25, -0.2) is 9.79 Å². The zero-order valence-corrected chi connectivity index (χ0v) is 8.43. The maximum atomic E-state index is 12.3. The highest BCUT2D eigenvalue weighted by molar-refractivity contribution is 6.31. The molecule has 0 radical (unpaired) electrons. The summed E-state index contributed by atoms with van der Waals surface area (Å²) in [7, 11) is 0. The van der Waals surface area contributed by atoms with Gasteiger partial charge in [-0.15, -0.1) is 0 Å². The van der Waals surface area contributed by atoms with Gasteiger partial charge in [0.25, 0.3) is 0 Å². The molecule has 0 amide bonds. The lowest BCUT2D eigenvalue weighted by atomic mass is 10.1. The molecule has 0 atom stereocenters. The highest BCUT2D eigenvalue weighted by atomic mass is 35.5. The van der Waals surface area contributed by atoms with E-state index in [0.717, 1.165) is 0 Å². The van der Waals surface area contributed by atoms with Crippen molar-refractivity contribution in [3.8, 4) is 5.75 Å². The second-order valence-electron chi connectivity index (χ2n) is 2.86. The Bertz CT molecular complexity index is 430. The first kappa shape index (κ1) is 12.5. The van der Waals surface area contributed by atoms with E-state index in [-0.39, 0.29) is 17.1 Å². The molecule has 0 unspecified atom stereocenters. The van der Waals surface area contributed by atoms with Crippen LogP contribution >= 0.6 is 11.6 Å². The lowest BCUT2D eigenvalue weighted by molar-refractivity contribution is -0.137. The van der Waals surface area contributed by atoms with Crippen molar-refractivity contribution < 1.29 is 23.1 Å². The molecular formula is C9H5ClF3NO2. The number of isocyanates is 1. The summed E-state index contributed by atoms with van der Waals surface area (Å²) in [6.45, 7) is -0.313. The minimum absolute atomic E-state index is 0.0435. The first-order valence-electron chi connectivity index (χ1n) is 3.98. The smallest absolute Gasteiger partial charge is 0.416 e. The predicted molar refractivity (Wildman–Crippen MR) is 49.9 cm³/mol. The average Bonchev–Trinajstić information content (AvgIpc) is 2.15. The van der Waals surface area contributed by atoms with Gasteiger partial charge in [0.1, 0.15) is 5.75 Å². The van der Waals surface area contributed by atoms with Crippen molar-refractivity contribution in [3.63, 3.8) is 0 Å². The van der Waals surface area contributed by atoms with Crippen LogP contribution in [0.4, 0.5) is 13.2 Å². The lowest BCUT2D eigenvalue weighted by Gasteiger charge is -2.10. The van der Waals surface area contributed by atoms with Crippen molar-refractivity contribution in [2.45, 2.75) is 12.7 Å². The molecule has 0 aliphatic rings. The van der Waals surface area contributed by atoms with Gasteiger partial charge in [-0.05, 0) is 12.1 Å². The van der Waals surface area contributed by atoms with Crippen molar-refractivity contribution in [3.05, 3.63) is 28.3 Å². The number of aromatic hydroxyl groups is 1. The van der Waals surface area contributed by atoms with Crippen LogP contribution in [0.2, 0.25) is 5.02 Å². The molecule has 1 aromatic carbocycles. The van der Waals surface area contributed by atoms with Crippen molar-refractivity contribution in [1.82, 2.24) is 0 Å². The fourth-order valence-corrected chi connectivity index (χ4v) is 1.33. The molecule has 7 heteroatoms. The summed E-state index contributed by atoms with van der Waals surface area (Å²) in [5.41, 5.74) is -1.10. The normalized spacial score (nSPS) is 11.0. The van der Waals surface area contributed by atoms with Crippen molar-refractivity contribution in [1.29, 1.82) is 0 Å². The van der Waals surface area contributed by atoms with Crippen LogP contribution in [0, 0.1) is 0 Å². The molecule has 16 heavy (non-hydrogen) atoms. The van der Waals surface area contributed by atoms with E-state index in [9.17, 15) is 23.1 Å². The van der Waals surface area contributed by atoms with Gasteiger partial charge in [0.2, 0.25) is 6.08 Å². The zero-order valence-electron chi connectivity index (χ0n) is 7.68. The molecular weight excluding hydrogens is 247 g/mol. The Morgan fingerprint density at radius 1 is 1.44 bits per heavy atom. The van der Waals surface area contributed by atoms with E-state index in [4.69, 9.17) is 11.6 Å². The predicted octanol–water partition coefficient (Wildman–Crippen LogP) is 2.90. The Labute approximate surface area is 93.2 Å². The van der Waals surface area contributed by atoms with Crippen LogP contribution < -0.4 is 0 Å². The molecule has 0 heterocycles. The number of hydrogen-bond donors (Lipinski definition) is 1. The number of phenols is 1. The Kier molecular flexibility index (Phi) is 3.57. The minimum Gasteiger partial charge on any atom is -0.508 e. The molecule has 0 aromatic heterocycles. The van der Waals surface area contributed by atoms with Crippen LogP contribution in [-0.2, 0) is 17.5 Å². The molecule has 1 rings (SSSR count). The van der Waals surface area contributed by atoms with Crippen LogP contribution in [0.15, 0.2) is 17.1 Å². The van der Waals surface area contributed by atoms with E-state index in [0.29, 0.717) is 12.1 Å². The second kappa shape index (κ2) is 4.55. The van der Waals surface area contributed by atoms with Gasteiger partial charge in [0.05, 0.1) is 12.1 Å². The summed E-state index contributed by atoms with van der Waals surface area (Å²) in [4.78, 5) is 13.0. The SMILES string of the molecule is O=C=NCc1c(O)cc(C(F)(F)F)cc1Cl. The number of phenolic OH excluding ortho intramolecular Hbond substituents is 1. The van der Waals surface area contributed by atoms with Gasteiger partial charge in [0, 0.05) is 10.6 Å². The fourth-order valence-electron chi connectivity index (χ4n) is 1.05. The van der Waals surface area contributed by atoms with Gasteiger partial charge in [-0.2, -0.15) is 13.2 Å². The number of alkyl halides is 3. The third-order valence-electron chi connectivity index (χ3n) is 1.80. The van der Waals surface area contributed by atoms with Crippen molar-refractivity contribution in [2.24, 2.45) is 4.99 Å². The fraction of sp³-hybridized carbons (Fsp3) is 0.222. The molecule has 0 saturated carbocycles. The van der Waals surface area contributed by atoms with E-state index >= 15 is 0 Å². The molecule has 1 N–H and O–H groups in total. The van der Waals surface area contributed by atoms with E-state index in [1.807, 2.05) is 0 Å². The molecule has 1 aromatic rings. The molecule has 0 aliphatic heterocycles. The summed E-state index contributed by atoms with van der Waals surface area (Å²) in [5, 5.41) is 8.99. The Morgan fingerprint density at radius 3 is 2.50 bits per heavy atom. The van der Waals surface area contributed by atoms with Crippen LogP contribution in [0.3, 0.4) is 0 Å². The van der Waals surface area contributed by atoms with E-state index in [1.165, 1.54) is 6.08 Å². The molecule has 86 valence electrons. The van der Waals surface area contributed by atoms with Crippen LogP contribution in [0.1, 0.15) is 11.1 Å². The van der Waals surface area contributed by atoms with Gasteiger partial charge in [0.15, 0.2) is 0 Å². The summed E-state index contributed by atoms with van der Waals surface area (Å²) in [5.74, 6) is -0.654. The molecule has 0 aliphatic carbocycles. The number of rotatable bonds is 2. The zero-order chi connectivity index (χ0) is 12.3. The summed E-state index contributed by atoms with van der Waals surface area (Å²) in [6.07, 6.45) is -3.39. The topological polar surface area (TPSA) is 49.7 Å². The first-order valence-corrected chi connectivity index (χ1v) is 4.36. The van der Waals surface area contributed by atoms with E-state index in [1.54, 1.807) is 0 Å². The first-order chi connectivity index (χ1) is 7.36. The highest BCUT2D eigenvalue weighted by Crippen LogP contribution is 2.36. The monoisotopic (exact) mass is 251 g/mol. The van der Waals surface area contributed by atoms with Crippen molar-refractivity contribution in [2.75, 3.05) is 0 Å². The summed E-state index contributed by atoms with van der Waals surface area (Å²) >= 11 is 5.53. The summed E-state index contributed by atoms with van der Waals surface area (Å²) < 4.78 is 36.8. The molecule has 0 spiro atoms. The number of benzene rings is 1. The Morgan fingerprint density at radius 2 is 2.06 bits per heavy atom. The average molecular weight is 252 g/mol. The number of carbonyl (C=O) groups excluding carboxylic acids is 1. The Hall–Kier alpha value is -1.52. The Balaban J connectivity index is 3.22. The molecule has 3 nitrogen and oxygen atoms in total. The molecule has 0 bridgehead atoms. The van der Waals surface area contributed by atoms with Crippen LogP contribution in [-0.4, -0.2) is 11.2 Å². The second-order valence-corrected chi connectivity index (χ2v) is 3.27. The third-order valence-corrected chi connectivity index (χ3v) is 2.14. The standard InChI is InChI=1S/C9H5ClF3NO2/c10-7-1-5(9(11,12)13)2-8(16)6(7)3-14-4-15/h1-2,16H,3H2. The number of nitrogens with zero attached hydrogens (tertiary/aromatic N) is 1. The quantitative estimate of drug-likeness (QED) is 0.649. The maximum Gasteiger partial charge on any atom is 0.416 e. The molecule has 0 saturated heterocycles. The highest BCUT2D eigenvalue weighted by Gasteiger charge is 2.32. The van der Waals surface area contributed by atoms with E-state index in [2.05, 4.69) is 4.99 Å². The number of aliphatic imine (C=N–C) groups is 1. The number of hydrogen-bond acceptors (Lipinski definition) is 3. The molecule has 0 fully saturated rings. The van der Waals surface area contributed by atoms with Gasteiger partial charge < -0.3 is 5.11 Å². The number of halogens is 4. The largest absolute Gasteiger partial charge is 0.508 e. The summed E-state index contributed by atoms with van der Waals surface area (Å²) in [6, 6.07) is 1.19. The van der Waals surface area contributed by atoms with Crippen molar-refractivity contribution >= 4 is 17.7 Å². The van der Waals surface area contributed by atoms with Gasteiger partial charge in [-0.1, -0.05) is 11.6 Å². The van der Waals surface area contributed by atoms with Crippen LogP contribution in [0.25, 0.3) is 0 Å². The lowest BCUT2D eigenvalue weighted by Crippen LogP contribution is -2.05.